The topological polar surface area (TPSA) is 17.1 Å². The molecule has 0 aromatic heterocycles. The smallest absolute Gasteiger partial charge is 0.196 e. The minimum absolute atomic E-state index is 0.0621. The van der Waals surface area contributed by atoms with Crippen molar-refractivity contribution < 1.29 is 4.79 Å². The Hall–Kier alpha value is -0.250. The molecule has 2 aromatic rings. The summed E-state index contributed by atoms with van der Waals surface area (Å²) >= 11 is 27.1. The fraction of sp³-hybridized carbons (Fsp3) is 0. The summed E-state index contributed by atoms with van der Waals surface area (Å²) in [6.45, 7) is 0. The third-order valence-corrected chi connectivity index (χ3v) is 4.54. The first kappa shape index (κ1) is 15.1. The lowest BCUT2D eigenvalue weighted by molar-refractivity contribution is 0.103. The van der Waals surface area contributed by atoms with Gasteiger partial charge in [-0.1, -0.05) is 62.3 Å². The second-order valence-corrected chi connectivity index (χ2v) is 6.17. The second kappa shape index (κ2) is 6.02. The average Bonchev–Trinajstić information content (AvgIpc) is 2.37. The number of carbonyl (C=O) groups is 1. The van der Waals surface area contributed by atoms with Crippen LogP contribution in [0.1, 0.15) is 15.9 Å². The zero-order valence-electron chi connectivity index (χ0n) is 9.18. The molecule has 0 saturated carbocycles. The Morgan fingerprint density at radius 3 is 2.05 bits per heavy atom. The molecule has 0 aliphatic carbocycles. The van der Waals surface area contributed by atoms with Crippen molar-refractivity contribution in [3.05, 3.63) is 66.0 Å². The maximum Gasteiger partial charge on any atom is 0.196 e. The van der Waals surface area contributed by atoms with Crippen LogP contribution in [-0.2, 0) is 0 Å². The minimum Gasteiger partial charge on any atom is -0.288 e. The lowest BCUT2D eigenvalue weighted by Crippen LogP contribution is -2.03. The first-order valence-corrected chi connectivity index (χ1v) is 7.35. The Labute approximate surface area is 138 Å². The van der Waals surface area contributed by atoms with Crippen LogP contribution in [0.2, 0.25) is 20.1 Å². The molecule has 0 fully saturated rings. The zero-order valence-corrected chi connectivity index (χ0v) is 13.8. The van der Waals surface area contributed by atoms with Crippen LogP contribution >= 0.6 is 62.3 Å². The summed E-state index contributed by atoms with van der Waals surface area (Å²) in [6.07, 6.45) is 0. The Morgan fingerprint density at radius 2 is 1.47 bits per heavy atom. The first-order chi connectivity index (χ1) is 8.91. The first-order valence-electron chi connectivity index (χ1n) is 5.05. The third-order valence-electron chi connectivity index (χ3n) is 2.45. The van der Waals surface area contributed by atoms with Crippen LogP contribution in [0.3, 0.4) is 0 Å². The largest absolute Gasteiger partial charge is 0.288 e. The molecular weight excluding hydrogens is 394 g/mol. The molecule has 2 aromatic carbocycles. The van der Waals surface area contributed by atoms with Crippen molar-refractivity contribution in [2.75, 3.05) is 0 Å². The van der Waals surface area contributed by atoms with Gasteiger partial charge in [0.1, 0.15) is 0 Å². The van der Waals surface area contributed by atoms with Gasteiger partial charge in [-0.2, -0.15) is 0 Å². The summed E-state index contributed by atoms with van der Waals surface area (Å²) < 4.78 is 0.871. The van der Waals surface area contributed by atoms with E-state index in [1.807, 2.05) is 0 Å². The molecule has 0 spiro atoms. The summed E-state index contributed by atoms with van der Waals surface area (Å²) in [7, 11) is 0. The van der Waals surface area contributed by atoms with Crippen molar-refractivity contribution >= 4 is 68.1 Å². The second-order valence-electron chi connectivity index (χ2n) is 3.68. The fourth-order valence-electron chi connectivity index (χ4n) is 1.52. The van der Waals surface area contributed by atoms with E-state index < -0.39 is 0 Å². The molecule has 0 aliphatic heterocycles. The number of hydrogen-bond acceptors (Lipinski definition) is 1. The van der Waals surface area contributed by atoms with Crippen molar-refractivity contribution in [2.45, 2.75) is 0 Å². The maximum atomic E-state index is 12.4. The van der Waals surface area contributed by atoms with Crippen molar-refractivity contribution in [2.24, 2.45) is 0 Å². The minimum atomic E-state index is -0.305. The van der Waals surface area contributed by atoms with Gasteiger partial charge in [0.2, 0.25) is 0 Å². The highest BCUT2D eigenvalue weighted by atomic mass is 79.9. The summed E-state index contributed by atoms with van der Waals surface area (Å²) in [4.78, 5) is 12.4. The Morgan fingerprint density at radius 1 is 0.895 bits per heavy atom. The molecule has 6 heteroatoms. The van der Waals surface area contributed by atoms with Crippen molar-refractivity contribution in [3.63, 3.8) is 0 Å². The van der Waals surface area contributed by atoms with E-state index in [9.17, 15) is 4.79 Å². The molecule has 98 valence electrons. The SMILES string of the molecule is O=C(c1ccc(Br)cc1)c1c(Cl)cc(Cl)c(Cl)c1Cl. The number of hydrogen-bond donors (Lipinski definition) is 0. The average molecular weight is 399 g/mol. The van der Waals surface area contributed by atoms with Crippen LogP contribution in [0.4, 0.5) is 0 Å². The molecule has 0 saturated heterocycles. The highest BCUT2D eigenvalue weighted by Gasteiger charge is 2.21. The number of carbonyl (C=O) groups excluding carboxylic acids is 1. The molecule has 0 radical (unpaired) electrons. The predicted octanol–water partition coefficient (Wildman–Crippen LogP) is 6.29. The number of rotatable bonds is 2. The van der Waals surface area contributed by atoms with E-state index in [-0.39, 0.29) is 31.4 Å². The highest BCUT2D eigenvalue weighted by Crippen LogP contribution is 2.38. The lowest BCUT2D eigenvalue weighted by Gasteiger charge is -2.09. The third kappa shape index (κ3) is 3.09. The quantitative estimate of drug-likeness (QED) is 0.330. The van der Waals surface area contributed by atoms with Gasteiger partial charge in [-0.25, -0.2) is 0 Å². The van der Waals surface area contributed by atoms with E-state index in [2.05, 4.69) is 15.9 Å². The number of ketones is 1. The van der Waals surface area contributed by atoms with Gasteiger partial charge in [-0.05, 0) is 30.3 Å². The summed E-state index contributed by atoms with van der Waals surface area (Å²) in [5.74, 6) is -0.305. The molecule has 0 aliphatic rings. The molecule has 0 unspecified atom stereocenters. The summed E-state index contributed by atoms with van der Waals surface area (Å²) in [6, 6.07) is 8.26. The van der Waals surface area contributed by atoms with E-state index in [4.69, 9.17) is 46.4 Å². The lowest BCUT2D eigenvalue weighted by atomic mass is 10.0. The van der Waals surface area contributed by atoms with Gasteiger partial charge in [0.05, 0.1) is 25.7 Å². The Bertz CT molecular complexity index is 653. The fourth-order valence-corrected chi connectivity index (χ4v) is 2.87. The zero-order chi connectivity index (χ0) is 14.2. The number of benzene rings is 2. The van der Waals surface area contributed by atoms with Gasteiger partial charge in [-0.15, -0.1) is 0 Å². The Kier molecular flexibility index (Phi) is 4.80. The molecular formula is C13H5BrCl4O. The normalized spacial score (nSPS) is 10.6. The van der Waals surface area contributed by atoms with Crippen LogP contribution in [0.25, 0.3) is 0 Å². The van der Waals surface area contributed by atoms with Crippen LogP contribution in [0.5, 0.6) is 0 Å². The standard InChI is InChI=1S/C13H5BrCl4O/c14-7-3-1-6(2-4-7)13(19)10-8(15)5-9(16)11(17)12(10)18/h1-5H. The molecule has 0 atom stereocenters. The van der Waals surface area contributed by atoms with Crippen LogP contribution < -0.4 is 0 Å². The van der Waals surface area contributed by atoms with Crippen LogP contribution in [0, 0.1) is 0 Å². The van der Waals surface area contributed by atoms with Gasteiger partial charge in [0.15, 0.2) is 5.78 Å². The summed E-state index contributed by atoms with van der Waals surface area (Å²) in [5, 5.41) is 0.566. The van der Waals surface area contributed by atoms with E-state index in [1.54, 1.807) is 24.3 Å². The van der Waals surface area contributed by atoms with E-state index in [0.29, 0.717) is 5.56 Å². The predicted molar refractivity (Wildman–Crippen MR) is 84.1 cm³/mol. The van der Waals surface area contributed by atoms with Gasteiger partial charge >= 0.3 is 0 Å². The van der Waals surface area contributed by atoms with E-state index in [0.717, 1.165) is 4.47 Å². The molecule has 19 heavy (non-hydrogen) atoms. The van der Waals surface area contributed by atoms with Gasteiger partial charge in [-0.3, -0.25) is 4.79 Å². The van der Waals surface area contributed by atoms with Crippen molar-refractivity contribution in [3.8, 4) is 0 Å². The van der Waals surface area contributed by atoms with Crippen LogP contribution in [0.15, 0.2) is 34.8 Å². The van der Waals surface area contributed by atoms with Gasteiger partial charge in [0.25, 0.3) is 0 Å². The molecule has 0 heterocycles. The molecule has 0 N–H and O–H groups in total. The van der Waals surface area contributed by atoms with Gasteiger partial charge in [0, 0.05) is 10.0 Å². The van der Waals surface area contributed by atoms with Crippen molar-refractivity contribution in [1.82, 2.24) is 0 Å². The van der Waals surface area contributed by atoms with E-state index in [1.165, 1.54) is 6.07 Å². The molecule has 1 nitrogen and oxygen atoms in total. The summed E-state index contributed by atoms with van der Waals surface area (Å²) in [5.41, 5.74) is 0.616. The molecule has 0 amide bonds. The van der Waals surface area contributed by atoms with Crippen molar-refractivity contribution in [1.29, 1.82) is 0 Å². The van der Waals surface area contributed by atoms with E-state index >= 15 is 0 Å². The monoisotopic (exact) mass is 396 g/mol. The Balaban J connectivity index is 2.56. The molecule has 0 bridgehead atoms. The van der Waals surface area contributed by atoms with Gasteiger partial charge < -0.3 is 0 Å². The molecule has 2 rings (SSSR count). The van der Waals surface area contributed by atoms with Crippen LogP contribution in [-0.4, -0.2) is 5.78 Å². The number of halogens is 5. The highest BCUT2D eigenvalue weighted by molar-refractivity contribution is 9.10. The maximum absolute atomic E-state index is 12.4.